The smallest absolute Gasteiger partial charge is 0.391 e. The lowest BCUT2D eigenvalue weighted by Gasteiger charge is -2.21. The third-order valence-electron chi connectivity index (χ3n) is 7.01. The number of aliphatic hydroxyl groups is 1. The molecule has 0 aliphatic carbocycles. The van der Waals surface area contributed by atoms with Gasteiger partial charge in [0, 0.05) is 36.0 Å². The molecule has 40 heavy (non-hydrogen) atoms. The van der Waals surface area contributed by atoms with Crippen molar-refractivity contribution >= 4 is 23.2 Å². The minimum atomic E-state index is -4.69. The number of anilines is 1. The third-order valence-corrected chi connectivity index (χ3v) is 7.01. The van der Waals surface area contributed by atoms with E-state index in [-0.39, 0.29) is 52.3 Å². The van der Waals surface area contributed by atoms with E-state index < -0.39 is 29.6 Å². The van der Waals surface area contributed by atoms with Crippen molar-refractivity contribution in [1.82, 2.24) is 25.0 Å². The number of aliphatic hydroxyl groups excluding tert-OH is 1. The minimum Gasteiger partial charge on any atom is -0.391 e. The molecule has 2 atom stereocenters. The Balaban J connectivity index is 1.48. The third kappa shape index (κ3) is 4.15. The lowest BCUT2D eigenvalue weighted by atomic mass is 9.89. The highest BCUT2D eigenvalue weighted by Gasteiger charge is 2.62. The summed E-state index contributed by atoms with van der Waals surface area (Å²) in [6, 6.07) is 11.2. The molecular weight excluding hydrogens is 533 g/mol. The Morgan fingerprint density at radius 1 is 1.02 bits per heavy atom. The summed E-state index contributed by atoms with van der Waals surface area (Å²) < 4.78 is 72.8. The van der Waals surface area contributed by atoms with Crippen molar-refractivity contribution in [2.45, 2.75) is 36.7 Å². The second kappa shape index (κ2) is 9.06. The number of terminal acetylenes is 1. The van der Waals surface area contributed by atoms with Crippen molar-refractivity contribution < 1.29 is 27.1 Å². The summed E-state index contributed by atoms with van der Waals surface area (Å²) in [5.74, 6) is -1.97. The molecule has 1 fully saturated rings. The Labute approximate surface area is 224 Å². The summed E-state index contributed by atoms with van der Waals surface area (Å²) in [6.45, 7) is 0.149. The maximum atomic E-state index is 15.5. The van der Waals surface area contributed by atoms with Gasteiger partial charge in [-0.2, -0.15) is 26.7 Å². The van der Waals surface area contributed by atoms with E-state index in [9.17, 15) is 18.3 Å². The number of halogens is 5. The summed E-state index contributed by atoms with van der Waals surface area (Å²) in [5.41, 5.74) is -2.81. The number of nitrogens with zero attached hydrogens (tertiary/aromatic N) is 7. The summed E-state index contributed by atoms with van der Waals surface area (Å²) in [5, 5.41) is 18.7. The van der Waals surface area contributed by atoms with Gasteiger partial charge in [-0.3, -0.25) is 4.99 Å². The topological polar surface area (TPSA) is 92.3 Å². The van der Waals surface area contributed by atoms with Gasteiger partial charge in [0.25, 0.3) is 0 Å². The first-order valence-electron chi connectivity index (χ1n) is 12.3. The van der Waals surface area contributed by atoms with Crippen LogP contribution in [0, 0.1) is 12.3 Å². The fraction of sp³-hybridized carbons (Fsp3) is 0.296. The number of alkyl halides is 5. The van der Waals surface area contributed by atoms with Gasteiger partial charge in [-0.05, 0) is 18.1 Å². The first-order chi connectivity index (χ1) is 19.0. The maximum Gasteiger partial charge on any atom is 0.422 e. The van der Waals surface area contributed by atoms with Gasteiger partial charge in [0.1, 0.15) is 0 Å². The molecule has 1 saturated heterocycles. The average molecular weight is 553 g/mol. The first-order valence-corrected chi connectivity index (χ1v) is 12.3. The fourth-order valence-electron chi connectivity index (χ4n) is 4.87. The van der Waals surface area contributed by atoms with Gasteiger partial charge >= 0.3 is 12.1 Å². The molecule has 8 nitrogen and oxygen atoms in total. The molecule has 0 bridgehead atoms. The molecule has 0 amide bonds. The largest absolute Gasteiger partial charge is 0.422 e. The van der Waals surface area contributed by atoms with Crippen LogP contribution in [0.15, 0.2) is 53.5 Å². The zero-order valence-corrected chi connectivity index (χ0v) is 20.6. The predicted octanol–water partition coefficient (Wildman–Crippen LogP) is 3.80. The Kier molecular flexibility index (Phi) is 5.85. The summed E-state index contributed by atoms with van der Waals surface area (Å²) in [4.78, 5) is 14.4. The summed E-state index contributed by atoms with van der Waals surface area (Å²) >= 11 is 0. The van der Waals surface area contributed by atoms with Crippen LogP contribution in [0.5, 0.6) is 0 Å². The molecule has 0 spiro atoms. The van der Waals surface area contributed by atoms with Crippen LogP contribution in [0.2, 0.25) is 0 Å². The van der Waals surface area contributed by atoms with Crippen LogP contribution in [0.3, 0.4) is 0 Å². The normalized spacial score (nSPS) is 20.7. The second-order valence-corrected chi connectivity index (χ2v) is 9.60. The van der Waals surface area contributed by atoms with Crippen molar-refractivity contribution in [3.8, 4) is 12.3 Å². The molecule has 0 saturated carbocycles. The van der Waals surface area contributed by atoms with Gasteiger partial charge in [0.15, 0.2) is 11.3 Å². The lowest BCUT2D eigenvalue weighted by molar-refractivity contribution is -0.156. The SMILES string of the molecule is C#Cc1cccc(C2(C(F)(F)F)C=N2)c1Cn1nc2nc(C(F)(F)c3ccccc3)nc(N3CC[C@H](O)C3)c2n1. The predicted molar refractivity (Wildman–Crippen MR) is 135 cm³/mol. The molecule has 1 N–H and O–H groups in total. The Morgan fingerprint density at radius 2 is 1.77 bits per heavy atom. The monoisotopic (exact) mass is 553 g/mol. The molecule has 13 heteroatoms. The minimum absolute atomic E-state index is 0.0427. The molecule has 4 heterocycles. The number of aromatic nitrogens is 5. The summed E-state index contributed by atoms with van der Waals surface area (Å²) in [7, 11) is 0. The van der Waals surface area contributed by atoms with E-state index in [4.69, 9.17) is 6.42 Å². The van der Waals surface area contributed by atoms with Crippen molar-refractivity contribution in [3.63, 3.8) is 0 Å². The Hall–Kier alpha value is -4.44. The van der Waals surface area contributed by atoms with Crippen molar-refractivity contribution in [2.24, 2.45) is 4.99 Å². The first kappa shape index (κ1) is 25.8. The van der Waals surface area contributed by atoms with Crippen molar-refractivity contribution in [2.75, 3.05) is 18.0 Å². The number of benzene rings is 2. The standard InChI is InChI=1S/C27H20F5N7O/c1-2-16-7-6-10-20(25(15-33-25)27(30,31)32)19(16)14-39-36-21-22(37-39)34-24(26(28,29)17-8-4-3-5-9-17)35-23(21)38-12-11-18(40)13-38/h1,3-10,15,18,40H,11-14H2/t18-,25?/m0/s1. The van der Waals surface area contributed by atoms with Crippen LogP contribution >= 0.6 is 0 Å². The number of hydrogen-bond acceptors (Lipinski definition) is 7. The van der Waals surface area contributed by atoms with Gasteiger partial charge in [0.2, 0.25) is 17.0 Å². The molecule has 2 aromatic heterocycles. The summed E-state index contributed by atoms with van der Waals surface area (Å²) in [6.07, 6.45) is 1.42. The van der Waals surface area contributed by atoms with Gasteiger partial charge in [-0.15, -0.1) is 16.6 Å². The van der Waals surface area contributed by atoms with E-state index in [1.54, 1.807) is 11.0 Å². The highest BCUT2D eigenvalue weighted by atomic mass is 19.4. The van der Waals surface area contributed by atoms with Gasteiger partial charge in [-0.1, -0.05) is 48.4 Å². The molecule has 4 aromatic rings. The zero-order chi connectivity index (χ0) is 28.3. The number of fused-ring (bicyclic) bond motifs is 1. The van der Waals surface area contributed by atoms with E-state index in [1.807, 2.05) is 0 Å². The second-order valence-electron chi connectivity index (χ2n) is 9.60. The lowest BCUT2D eigenvalue weighted by Crippen LogP contribution is -2.33. The highest BCUT2D eigenvalue weighted by molar-refractivity contribution is 5.88. The van der Waals surface area contributed by atoms with Crippen molar-refractivity contribution in [3.05, 3.63) is 76.6 Å². The molecule has 2 aliphatic heterocycles. The van der Waals surface area contributed by atoms with E-state index in [0.717, 1.165) is 11.0 Å². The highest BCUT2D eigenvalue weighted by Crippen LogP contribution is 2.49. The van der Waals surface area contributed by atoms with E-state index in [1.165, 1.54) is 42.5 Å². The van der Waals surface area contributed by atoms with Gasteiger partial charge in [-0.25, -0.2) is 9.97 Å². The number of rotatable bonds is 6. The van der Waals surface area contributed by atoms with E-state index in [0.29, 0.717) is 13.0 Å². The van der Waals surface area contributed by atoms with Crippen molar-refractivity contribution in [1.29, 1.82) is 0 Å². The molecule has 0 radical (unpaired) electrons. The average Bonchev–Trinajstić information content (AvgIpc) is 3.49. The zero-order valence-electron chi connectivity index (χ0n) is 20.6. The fourth-order valence-corrected chi connectivity index (χ4v) is 4.87. The molecule has 1 unspecified atom stereocenters. The quantitative estimate of drug-likeness (QED) is 0.289. The van der Waals surface area contributed by atoms with Crippen LogP contribution < -0.4 is 4.90 Å². The van der Waals surface area contributed by atoms with Gasteiger partial charge in [0.05, 0.1) is 12.6 Å². The van der Waals surface area contributed by atoms with Crippen LogP contribution in [-0.2, 0) is 18.0 Å². The molecule has 2 aliphatic rings. The molecular formula is C27H20F5N7O. The number of β-amino-alcohol motifs (C(OH)–C–C–N with tert-alkyl or cyclic N) is 1. The molecule has 204 valence electrons. The van der Waals surface area contributed by atoms with Crippen LogP contribution in [0.4, 0.5) is 27.8 Å². The Bertz CT molecular complexity index is 1670. The van der Waals surface area contributed by atoms with Crippen LogP contribution in [0.1, 0.15) is 34.5 Å². The van der Waals surface area contributed by atoms with Gasteiger partial charge < -0.3 is 10.0 Å². The number of hydrogen-bond donors (Lipinski definition) is 1. The van der Waals surface area contributed by atoms with Crippen LogP contribution in [0.25, 0.3) is 11.2 Å². The Morgan fingerprint density at radius 3 is 2.40 bits per heavy atom. The van der Waals surface area contributed by atoms with Crippen LogP contribution in [-0.4, -0.2) is 61.7 Å². The van der Waals surface area contributed by atoms with E-state index in [2.05, 4.69) is 31.1 Å². The van der Waals surface area contributed by atoms with E-state index >= 15 is 8.78 Å². The number of aliphatic imine (C=N–C) groups is 1. The maximum absolute atomic E-state index is 15.5. The molecule has 2 aromatic carbocycles. The molecule has 6 rings (SSSR count).